The molecule has 0 saturated heterocycles. The first-order chi connectivity index (χ1) is 8.99. The molecule has 0 spiro atoms. The van der Waals surface area contributed by atoms with Crippen LogP contribution in [0.5, 0.6) is 0 Å². The molecule has 1 aromatic heterocycles. The highest BCUT2D eigenvalue weighted by Gasteiger charge is 2.13. The average molecular weight is 348 g/mol. The largest absolute Gasteiger partial charge is 0.477 e. The summed E-state index contributed by atoms with van der Waals surface area (Å²) < 4.78 is 26.7. The number of hydrogen-bond acceptors (Lipinski definition) is 3. The van der Waals surface area contributed by atoms with Gasteiger partial charge in [-0.15, -0.1) is 11.3 Å². The molecule has 0 bridgehead atoms. The van der Waals surface area contributed by atoms with Crippen LogP contribution in [0.2, 0.25) is 0 Å². The number of rotatable bonds is 4. The number of carboxylic acid groups (broad SMARTS) is 1. The molecular weight excluding hydrogens is 340 g/mol. The van der Waals surface area contributed by atoms with Gasteiger partial charge < -0.3 is 10.4 Å². The van der Waals surface area contributed by atoms with Crippen molar-refractivity contribution in [2.24, 2.45) is 0 Å². The maximum absolute atomic E-state index is 13.6. The lowest BCUT2D eigenvalue weighted by Gasteiger charge is -2.09. The van der Waals surface area contributed by atoms with Gasteiger partial charge in [0.2, 0.25) is 0 Å². The maximum Gasteiger partial charge on any atom is 0.346 e. The van der Waals surface area contributed by atoms with Crippen LogP contribution in [0.4, 0.5) is 14.5 Å². The number of halogens is 3. The van der Waals surface area contributed by atoms with Crippen LogP contribution < -0.4 is 5.32 Å². The van der Waals surface area contributed by atoms with Crippen molar-refractivity contribution in [3.05, 3.63) is 50.1 Å². The van der Waals surface area contributed by atoms with Gasteiger partial charge in [0.1, 0.15) is 16.5 Å². The molecule has 2 aromatic rings. The van der Waals surface area contributed by atoms with Gasteiger partial charge in [-0.05, 0) is 39.0 Å². The minimum absolute atomic E-state index is 0.101. The Hall–Kier alpha value is -1.47. The number of nitrogens with one attached hydrogen (secondary N) is 1. The Morgan fingerprint density at radius 2 is 2.16 bits per heavy atom. The Labute approximate surface area is 120 Å². The molecule has 0 aliphatic heterocycles. The fourth-order valence-corrected chi connectivity index (χ4v) is 2.87. The van der Waals surface area contributed by atoms with Gasteiger partial charge in [0.25, 0.3) is 0 Å². The van der Waals surface area contributed by atoms with Crippen molar-refractivity contribution in [2.75, 3.05) is 5.32 Å². The lowest BCUT2D eigenvalue weighted by molar-refractivity contribution is 0.0701. The molecule has 2 N–H and O–H groups in total. The monoisotopic (exact) mass is 347 g/mol. The molecule has 100 valence electrons. The molecule has 0 aliphatic rings. The Morgan fingerprint density at radius 1 is 1.42 bits per heavy atom. The van der Waals surface area contributed by atoms with E-state index in [2.05, 4.69) is 21.2 Å². The molecular formula is C12H8BrF2NO2S. The summed E-state index contributed by atoms with van der Waals surface area (Å²) in [5, 5.41) is 13.4. The van der Waals surface area contributed by atoms with Crippen molar-refractivity contribution in [1.29, 1.82) is 0 Å². The van der Waals surface area contributed by atoms with Gasteiger partial charge in [0.05, 0.1) is 5.69 Å². The van der Waals surface area contributed by atoms with Crippen LogP contribution in [0.3, 0.4) is 0 Å². The van der Waals surface area contributed by atoms with E-state index in [-0.39, 0.29) is 21.6 Å². The van der Waals surface area contributed by atoms with Crippen LogP contribution in [0.1, 0.15) is 15.2 Å². The summed E-state index contributed by atoms with van der Waals surface area (Å²) in [6, 6.07) is 3.55. The molecule has 19 heavy (non-hydrogen) atoms. The average Bonchev–Trinajstić information content (AvgIpc) is 2.75. The quantitative estimate of drug-likeness (QED) is 0.875. The van der Waals surface area contributed by atoms with Crippen molar-refractivity contribution in [1.82, 2.24) is 0 Å². The van der Waals surface area contributed by atoms with Crippen LogP contribution in [-0.2, 0) is 6.54 Å². The standard InChI is InChI=1S/C12H8BrF2NO2S/c13-8-3-7(14)4-9(15)10(8)16-5-6-1-2-19-11(6)12(17)18/h1-4,16H,5H2,(H,17,18). The summed E-state index contributed by atoms with van der Waals surface area (Å²) in [7, 11) is 0. The zero-order chi connectivity index (χ0) is 14.0. The second-order valence-electron chi connectivity index (χ2n) is 3.68. The first-order valence-corrected chi connectivity index (χ1v) is 6.84. The van der Waals surface area contributed by atoms with Gasteiger partial charge in [-0.25, -0.2) is 13.6 Å². The summed E-state index contributed by atoms with van der Waals surface area (Å²) >= 11 is 4.15. The fourth-order valence-electron chi connectivity index (χ4n) is 1.56. The first kappa shape index (κ1) is 14.0. The smallest absolute Gasteiger partial charge is 0.346 e. The highest BCUT2D eigenvalue weighted by molar-refractivity contribution is 9.10. The van der Waals surface area contributed by atoms with Gasteiger partial charge in [0, 0.05) is 17.1 Å². The zero-order valence-corrected chi connectivity index (χ0v) is 11.8. The highest BCUT2D eigenvalue weighted by Crippen LogP contribution is 2.28. The third kappa shape index (κ3) is 3.10. The SMILES string of the molecule is O=C(O)c1sccc1CNc1c(F)cc(F)cc1Br. The third-order valence-electron chi connectivity index (χ3n) is 2.40. The molecule has 0 atom stereocenters. The Bertz CT molecular complexity index is 607. The van der Waals surface area contributed by atoms with E-state index >= 15 is 0 Å². The van der Waals surface area contributed by atoms with Gasteiger partial charge in [0.15, 0.2) is 0 Å². The van der Waals surface area contributed by atoms with E-state index in [1.165, 1.54) is 0 Å². The van der Waals surface area contributed by atoms with Crippen molar-refractivity contribution >= 4 is 38.9 Å². The van der Waals surface area contributed by atoms with Gasteiger partial charge in [-0.1, -0.05) is 0 Å². The molecule has 0 amide bonds. The van der Waals surface area contributed by atoms with E-state index < -0.39 is 17.6 Å². The molecule has 0 aliphatic carbocycles. The summed E-state index contributed by atoms with van der Waals surface area (Å²) in [5.41, 5.74) is 0.650. The molecule has 3 nitrogen and oxygen atoms in total. The van der Waals surface area contributed by atoms with E-state index in [4.69, 9.17) is 5.11 Å². The van der Waals surface area contributed by atoms with E-state index in [0.717, 1.165) is 23.5 Å². The van der Waals surface area contributed by atoms with E-state index in [1.807, 2.05) is 0 Å². The molecule has 0 radical (unpaired) electrons. The van der Waals surface area contributed by atoms with E-state index in [1.54, 1.807) is 11.4 Å². The fraction of sp³-hybridized carbons (Fsp3) is 0.0833. The normalized spacial score (nSPS) is 10.5. The topological polar surface area (TPSA) is 49.3 Å². The van der Waals surface area contributed by atoms with Crippen molar-refractivity contribution in [3.8, 4) is 0 Å². The number of hydrogen-bond donors (Lipinski definition) is 2. The van der Waals surface area contributed by atoms with E-state index in [0.29, 0.717) is 5.56 Å². The van der Waals surface area contributed by atoms with Crippen molar-refractivity contribution in [2.45, 2.75) is 6.54 Å². The maximum atomic E-state index is 13.6. The summed E-state index contributed by atoms with van der Waals surface area (Å²) in [6.45, 7) is 0.145. The first-order valence-electron chi connectivity index (χ1n) is 5.17. The Kier molecular flexibility index (Phi) is 4.16. The molecule has 1 aromatic carbocycles. The highest BCUT2D eigenvalue weighted by atomic mass is 79.9. The van der Waals surface area contributed by atoms with Gasteiger partial charge in [-0.2, -0.15) is 0 Å². The van der Waals surface area contributed by atoms with Crippen molar-refractivity contribution < 1.29 is 18.7 Å². The van der Waals surface area contributed by atoms with Gasteiger partial charge in [-0.3, -0.25) is 0 Å². The van der Waals surface area contributed by atoms with Crippen molar-refractivity contribution in [3.63, 3.8) is 0 Å². The number of benzene rings is 1. The summed E-state index contributed by atoms with van der Waals surface area (Å²) in [6.07, 6.45) is 0. The van der Waals surface area contributed by atoms with Crippen LogP contribution in [0, 0.1) is 11.6 Å². The molecule has 1 heterocycles. The molecule has 0 saturated carbocycles. The van der Waals surface area contributed by atoms with Crippen LogP contribution in [0.15, 0.2) is 28.1 Å². The lowest BCUT2D eigenvalue weighted by atomic mass is 10.2. The van der Waals surface area contributed by atoms with Crippen LogP contribution in [0.25, 0.3) is 0 Å². The molecule has 7 heteroatoms. The Morgan fingerprint density at radius 3 is 2.79 bits per heavy atom. The second-order valence-corrected chi connectivity index (χ2v) is 5.45. The number of carboxylic acids is 1. The van der Waals surface area contributed by atoms with Gasteiger partial charge >= 0.3 is 5.97 Å². The minimum atomic E-state index is -1.02. The number of carbonyl (C=O) groups is 1. The third-order valence-corrected chi connectivity index (χ3v) is 3.97. The summed E-state index contributed by atoms with van der Waals surface area (Å²) in [4.78, 5) is 11.1. The number of thiophene rings is 1. The lowest BCUT2D eigenvalue weighted by Crippen LogP contribution is -2.06. The molecule has 0 unspecified atom stereocenters. The number of aromatic carboxylic acids is 1. The predicted molar refractivity (Wildman–Crippen MR) is 72.7 cm³/mol. The Balaban J connectivity index is 2.19. The van der Waals surface area contributed by atoms with Crippen LogP contribution >= 0.6 is 27.3 Å². The minimum Gasteiger partial charge on any atom is -0.477 e. The predicted octanol–water partition coefficient (Wildman–Crippen LogP) is 4.10. The van der Waals surface area contributed by atoms with E-state index in [9.17, 15) is 13.6 Å². The molecule has 2 rings (SSSR count). The second kappa shape index (κ2) is 5.66. The summed E-state index contributed by atoms with van der Waals surface area (Å²) in [5.74, 6) is -2.44. The van der Waals surface area contributed by atoms with Crippen LogP contribution in [-0.4, -0.2) is 11.1 Å². The zero-order valence-electron chi connectivity index (χ0n) is 9.41. The molecule has 0 fully saturated rings. The number of anilines is 1.